The number of anilines is 1. The molecule has 19 heavy (non-hydrogen) atoms. The van der Waals surface area contributed by atoms with Crippen molar-refractivity contribution < 1.29 is 35.8 Å². The maximum atomic E-state index is 12.1. The van der Waals surface area contributed by atoms with Crippen LogP contribution >= 0.6 is 0 Å². The molecule has 0 spiro atoms. The van der Waals surface area contributed by atoms with Crippen molar-refractivity contribution in [2.75, 3.05) is 12.4 Å². The van der Waals surface area contributed by atoms with E-state index >= 15 is 0 Å². The molecule has 1 rings (SSSR count). The molecule has 0 unspecified atom stereocenters. The van der Waals surface area contributed by atoms with Crippen LogP contribution in [0, 0.1) is 6.92 Å². The first-order valence-electron chi connectivity index (χ1n) is 4.86. The Kier molecular flexibility index (Phi) is 4.06. The van der Waals surface area contributed by atoms with Crippen LogP contribution in [-0.4, -0.2) is 19.8 Å². The fourth-order valence-corrected chi connectivity index (χ4v) is 1.38. The van der Waals surface area contributed by atoms with Crippen molar-refractivity contribution in [2.45, 2.75) is 19.6 Å². The van der Waals surface area contributed by atoms with Gasteiger partial charge in [-0.15, -0.1) is 26.3 Å². The third-order valence-corrected chi connectivity index (χ3v) is 1.91. The van der Waals surface area contributed by atoms with E-state index in [-0.39, 0.29) is 5.56 Å². The van der Waals surface area contributed by atoms with Gasteiger partial charge in [0.05, 0.1) is 0 Å². The van der Waals surface area contributed by atoms with Crippen molar-refractivity contribution in [1.82, 2.24) is 0 Å². The minimum Gasteiger partial charge on any atom is -0.403 e. The van der Waals surface area contributed by atoms with E-state index in [2.05, 4.69) is 14.8 Å². The molecule has 9 heteroatoms. The number of halogens is 6. The highest BCUT2D eigenvalue weighted by Crippen LogP contribution is 2.40. The van der Waals surface area contributed by atoms with Crippen molar-refractivity contribution in [3.05, 3.63) is 17.7 Å². The summed E-state index contributed by atoms with van der Waals surface area (Å²) in [6.45, 7) is 1.31. The lowest BCUT2D eigenvalue weighted by Gasteiger charge is -2.18. The van der Waals surface area contributed by atoms with Crippen LogP contribution in [0.5, 0.6) is 11.5 Å². The average Bonchev–Trinajstić information content (AvgIpc) is 2.11. The third-order valence-electron chi connectivity index (χ3n) is 1.91. The molecule has 0 bridgehead atoms. The summed E-state index contributed by atoms with van der Waals surface area (Å²) >= 11 is 0. The second-order valence-corrected chi connectivity index (χ2v) is 3.48. The van der Waals surface area contributed by atoms with Crippen LogP contribution in [0.15, 0.2) is 12.1 Å². The van der Waals surface area contributed by atoms with E-state index in [1.807, 2.05) is 0 Å². The number of aryl methyl sites for hydroxylation is 1. The number of hydrogen-bond donors (Lipinski definition) is 1. The van der Waals surface area contributed by atoms with Crippen LogP contribution in [0.1, 0.15) is 5.56 Å². The van der Waals surface area contributed by atoms with E-state index in [0.717, 1.165) is 19.2 Å². The van der Waals surface area contributed by atoms with Crippen molar-refractivity contribution in [1.29, 1.82) is 0 Å². The summed E-state index contributed by atoms with van der Waals surface area (Å²) in [6, 6.07) is 1.89. The molecule has 0 saturated heterocycles. The summed E-state index contributed by atoms with van der Waals surface area (Å²) in [5.41, 5.74) is -0.419. The SMILES string of the molecule is CNc1c(OC(F)(F)F)cc(C)cc1OC(F)(F)F. The average molecular weight is 289 g/mol. The summed E-state index contributed by atoms with van der Waals surface area (Å²) < 4.78 is 80.2. The Bertz CT molecular complexity index is 417. The van der Waals surface area contributed by atoms with E-state index in [9.17, 15) is 26.3 Å². The maximum Gasteiger partial charge on any atom is 0.573 e. The number of ether oxygens (including phenoxy) is 2. The van der Waals surface area contributed by atoms with Gasteiger partial charge in [0.25, 0.3) is 0 Å². The minimum absolute atomic E-state index is 0.123. The fraction of sp³-hybridized carbons (Fsp3) is 0.400. The van der Waals surface area contributed by atoms with Crippen LogP contribution in [0.25, 0.3) is 0 Å². The first-order valence-corrected chi connectivity index (χ1v) is 4.86. The van der Waals surface area contributed by atoms with Gasteiger partial charge in [0, 0.05) is 7.05 Å². The topological polar surface area (TPSA) is 30.5 Å². The highest BCUT2D eigenvalue weighted by Gasteiger charge is 2.35. The predicted octanol–water partition coefficient (Wildman–Crippen LogP) is 3.83. The lowest BCUT2D eigenvalue weighted by molar-refractivity contribution is -0.276. The summed E-state index contributed by atoms with van der Waals surface area (Å²) in [4.78, 5) is 0. The highest BCUT2D eigenvalue weighted by molar-refractivity contribution is 5.67. The zero-order valence-electron chi connectivity index (χ0n) is 9.74. The molecule has 0 amide bonds. The van der Waals surface area contributed by atoms with Gasteiger partial charge in [0.15, 0.2) is 11.5 Å². The molecule has 0 radical (unpaired) electrons. The highest BCUT2D eigenvalue weighted by atomic mass is 19.4. The van der Waals surface area contributed by atoms with Gasteiger partial charge >= 0.3 is 12.7 Å². The lowest BCUT2D eigenvalue weighted by atomic mass is 10.2. The molecule has 1 N–H and O–H groups in total. The Morgan fingerprint density at radius 1 is 0.895 bits per heavy atom. The van der Waals surface area contributed by atoms with Gasteiger partial charge < -0.3 is 14.8 Å². The molecule has 3 nitrogen and oxygen atoms in total. The number of hydrogen-bond acceptors (Lipinski definition) is 3. The van der Waals surface area contributed by atoms with Crippen LogP contribution < -0.4 is 14.8 Å². The van der Waals surface area contributed by atoms with Crippen molar-refractivity contribution in [3.8, 4) is 11.5 Å². The van der Waals surface area contributed by atoms with Gasteiger partial charge in [0.1, 0.15) is 5.69 Å². The van der Waals surface area contributed by atoms with Crippen LogP contribution in [0.2, 0.25) is 0 Å². The smallest absolute Gasteiger partial charge is 0.403 e. The molecule has 0 aromatic heterocycles. The van der Waals surface area contributed by atoms with Crippen LogP contribution in [0.3, 0.4) is 0 Å². The largest absolute Gasteiger partial charge is 0.573 e. The molecule has 0 atom stereocenters. The molecule has 0 aliphatic heterocycles. The zero-order valence-corrected chi connectivity index (χ0v) is 9.74. The van der Waals surface area contributed by atoms with Crippen LogP contribution in [-0.2, 0) is 0 Å². The predicted molar refractivity (Wildman–Crippen MR) is 54.1 cm³/mol. The number of alkyl halides is 6. The summed E-state index contributed by atoms with van der Waals surface area (Å²) in [5, 5.41) is 2.19. The second-order valence-electron chi connectivity index (χ2n) is 3.48. The van der Waals surface area contributed by atoms with Crippen molar-refractivity contribution >= 4 is 5.69 Å². The van der Waals surface area contributed by atoms with E-state index in [4.69, 9.17) is 0 Å². The van der Waals surface area contributed by atoms with E-state index in [1.54, 1.807) is 0 Å². The van der Waals surface area contributed by atoms with Crippen molar-refractivity contribution in [2.24, 2.45) is 0 Å². The van der Waals surface area contributed by atoms with Gasteiger partial charge in [-0.1, -0.05) is 0 Å². The maximum absolute atomic E-state index is 12.1. The minimum atomic E-state index is -5.02. The van der Waals surface area contributed by atoms with Gasteiger partial charge in [0.2, 0.25) is 0 Å². The molecule has 0 heterocycles. The summed E-state index contributed by atoms with van der Waals surface area (Å²) in [6.07, 6.45) is -10.0. The first-order chi connectivity index (χ1) is 8.52. The van der Waals surface area contributed by atoms with Gasteiger partial charge in [-0.05, 0) is 24.6 Å². The van der Waals surface area contributed by atoms with E-state index in [0.29, 0.717) is 0 Å². The van der Waals surface area contributed by atoms with Gasteiger partial charge in [-0.25, -0.2) is 0 Å². The number of nitrogens with one attached hydrogen (secondary N) is 1. The molecule has 0 saturated carbocycles. The zero-order chi connectivity index (χ0) is 14.8. The van der Waals surface area contributed by atoms with Gasteiger partial charge in [-0.3, -0.25) is 0 Å². The molecule has 0 aliphatic carbocycles. The van der Waals surface area contributed by atoms with E-state index in [1.165, 1.54) is 6.92 Å². The molecule has 0 aliphatic rings. The first kappa shape index (κ1) is 15.3. The molecule has 0 fully saturated rings. The molecular weight excluding hydrogens is 280 g/mol. The normalized spacial score (nSPS) is 12.2. The summed E-state index contributed by atoms with van der Waals surface area (Å²) in [7, 11) is 1.15. The van der Waals surface area contributed by atoms with Gasteiger partial charge in [-0.2, -0.15) is 0 Å². The molecular formula is C10H9F6NO2. The number of rotatable bonds is 3. The second kappa shape index (κ2) is 5.06. The monoisotopic (exact) mass is 289 g/mol. The van der Waals surface area contributed by atoms with Crippen LogP contribution in [0.4, 0.5) is 32.0 Å². The van der Waals surface area contributed by atoms with Crippen molar-refractivity contribution in [3.63, 3.8) is 0 Å². The number of benzene rings is 1. The fourth-order valence-electron chi connectivity index (χ4n) is 1.38. The standard InChI is InChI=1S/C10H9F6NO2/c1-5-3-6(18-9(11,12)13)8(17-2)7(4-5)19-10(14,15)16/h3-4,17H,1-2H3. The Morgan fingerprint density at radius 3 is 1.53 bits per heavy atom. The Labute approximate surface area is 104 Å². The van der Waals surface area contributed by atoms with E-state index < -0.39 is 29.9 Å². The third kappa shape index (κ3) is 4.76. The Hall–Kier alpha value is -1.80. The Morgan fingerprint density at radius 2 is 1.26 bits per heavy atom. The Balaban J connectivity index is 3.24. The molecule has 108 valence electrons. The molecule has 1 aromatic carbocycles. The molecule has 1 aromatic rings. The quantitative estimate of drug-likeness (QED) is 0.858. The lowest BCUT2D eigenvalue weighted by Crippen LogP contribution is -2.20. The summed E-state index contributed by atoms with van der Waals surface area (Å²) in [5.74, 6) is -1.59.